The Balaban J connectivity index is 1.98. The number of benzene rings is 1. The molecule has 1 aromatic heterocycles. The topological polar surface area (TPSA) is 42.1 Å². The highest BCUT2D eigenvalue weighted by atomic mass is 79.9. The van der Waals surface area contributed by atoms with E-state index in [1.54, 1.807) is 0 Å². The summed E-state index contributed by atoms with van der Waals surface area (Å²) in [7, 11) is 0. The summed E-state index contributed by atoms with van der Waals surface area (Å²) in [6, 6.07) is 6.20. The number of nitrogens with two attached hydrogens (primary N) is 1. The minimum absolute atomic E-state index is 0.795. The third kappa shape index (κ3) is 3.00. The summed E-state index contributed by atoms with van der Waals surface area (Å²) in [6.07, 6.45) is 7.04. The average Bonchev–Trinajstić information content (AvgIpc) is 2.73. The Morgan fingerprint density at radius 3 is 3.00 bits per heavy atom. The number of fused-ring (bicyclic) bond motifs is 1. The molecule has 2 N–H and O–H groups in total. The van der Waals surface area contributed by atoms with E-state index in [-0.39, 0.29) is 0 Å². The summed E-state index contributed by atoms with van der Waals surface area (Å²) in [5, 5.41) is 1.04. The largest absolute Gasteiger partial charge is 0.398 e. The molecular weight excluding hydrogens is 326 g/mol. The maximum Gasteiger partial charge on any atom is 0.0956 e. The smallest absolute Gasteiger partial charge is 0.0956 e. The molecule has 21 heavy (non-hydrogen) atoms. The monoisotopic (exact) mass is 347 g/mol. The zero-order chi connectivity index (χ0) is 14.8. The van der Waals surface area contributed by atoms with Gasteiger partial charge < -0.3 is 10.6 Å². The van der Waals surface area contributed by atoms with Gasteiger partial charge in [0.05, 0.1) is 11.2 Å². The molecule has 2 aromatic rings. The van der Waals surface area contributed by atoms with Crippen molar-refractivity contribution in [1.82, 2.24) is 4.98 Å². The van der Waals surface area contributed by atoms with Crippen LogP contribution in [-0.4, -0.2) is 18.1 Å². The Kier molecular flexibility index (Phi) is 4.34. The molecule has 3 rings (SSSR count). The summed E-state index contributed by atoms with van der Waals surface area (Å²) in [5.41, 5.74) is 9.16. The zero-order valence-corrected chi connectivity index (χ0v) is 14.1. The highest BCUT2D eigenvalue weighted by Gasteiger charge is 2.18. The Bertz CT molecular complexity index is 641. The SMILES string of the molecule is CCC1CCCN(c2ccc(N)c3cc(Br)cnc23)CC1. The summed E-state index contributed by atoms with van der Waals surface area (Å²) in [5.74, 6) is 0.872. The molecule has 0 saturated carbocycles. The van der Waals surface area contributed by atoms with Gasteiger partial charge >= 0.3 is 0 Å². The third-order valence-corrected chi connectivity index (χ3v) is 5.03. The lowest BCUT2D eigenvalue weighted by molar-refractivity contribution is 0.459. The summed E-state index contributed by atoms with van der Waals surface area (Å²) in [4.78, 5) is 7.10. The van der Waals surface area contributed by atoms with Crippen LogP contribution in [0, 0.1) is 5.92 Å². The van der Waals surface area contributed by atoms with Gasteiger partial charge in [0.25, 0.3) is 0 Å². The van der Waals surface area contributed by atoms with Crippen molar-refractivity contribution < 1.29 is 0 Å². The van der Waals surface area contributed by atoms with Gasteiger partial charge in [-0.2, -0.15) is 0 Å². The second kappa shape index (κ2) is 6.22. The highest BCUT2D eigenvalue weighted by Crippen LogP contribution is 2.33. The molecule has 1 fully saturated rings. The van der Waals surface area contributed by atoms with Crippen molar-refractivity contribution in [3.05, 3.63) is 28.9 Å². The minimum atomic E-state index is 0.795. The molecule has 0 amide bonds. The fraction of sp³-hybridized carbons (Fsp3) is 0.471. The standard InChI is InChI=1S/C17H22BrN3/c1-2-12-4-3-8-21(9-7-12)16-6-5-15(19)14-10-13(18)11-20-17(14)16/h5-6,10-12H,2-4,7-9,19H2,1H3. The summed E-state index contributed by atoms with van der Waals surface area (Å²) >= 11 is 3.49. The molecule has 0 aliphatic carbocycles. The quantitative estimate of drug-likeness (QED) is 0.807. The molecule has 1 unspecified atom stereocenters. The first-order valence-corrected chi connectivity index (χ1v) is 8.57. The van der Waals surface area contributed by atoms with E-state index in [1.165, 1.54) is 31.4 Å². The van der Waals surface area contributed by atoms with Crippen molar-refractivity contribution in [2.45, 2.75) is 32.6 Å². The second-order valence-electron chi connectivity index (χ2n) is 5.92. The van der Waals surface area contributed by atoms with Gasteiger partial charge in [-0.3, -0.25) is 4.98 Å². The van der Waals surface area contributed by atoms with Crippen molar-refractivity contribution in [3.8, 4) is 0 Å². The van der Waals surface area contributed by atoms with Crippen molar-refractivity contribution in [2.75, 3.05) is 23.7 Å². The van der Waals surface area contributed by atoms with Crippen LogP contribution in [-0.2, 0) is 0 Å². The van der Waals surface area contributed by atoms with E-state index in [0.717, 1.165) is 40.1 Å². The van der Waals surface area contributed by atoms with Crippen LogP contribution in [0.5, 0.6) is 0 Å². The third-order valence-electron chi connectivity index (χ3n) is 4.59. The van der Waals surface area contributed by atoms with Gasteiger partial charge in [-0.15, -0.1) is 0 Å². The normalized spacial score (nSPS) is 19.7. The Labute approximate surface area is 134 Å². The predicted octanol–water partition coefficient (Wildman–Crippen LogP) is 4.60. The van der Waals surface area contributed by atoms with E-state index in [4.69, 9.17) is 5.73 Å². The number of anilines is 2. The molecule has 0 radical (unpaired) electrons. The van der Waals surface area contributed by atoms with Crippen molar-refractivity contribution >= 4 is 38.2 Å². The summed E-state index contributed by atoms with van der Waals surface area (Å²) in [6.45, 7) is 4.54. The number of nitrogens with zero attached hydrogens (tertiary/aromatic N) is 2. The number of rotatable bonds is 2. The average molecular weight is 348 g/mol. The molecule has 1 aliphatic heterocycles. The molecule has 1 aliphatic rings. The Morgan fingerprint density at radius 1 is 1.33 bits per heavy atom. The van der Waals surface area contributed by atoms with Gasteiger partial charge in [0, 0.05) is 34.8 Å². The van der Waals surface area contributed by atoms with Crippen LogP contribution in [0.25, 0.3) is 10.9 Å². The van der Waals surface area contributed by atoms with Gasteiger partial charge in [-0.05, 0) is 59.3 Å². The molecule has 112 valence electrons. The van der Waals surface area contributed by atoms with Crippen molar-refractivity contribution in [3.63, 3.8) is 0 Å². The maximum atomic E-state index is 6.12. The van der Waals surface area contributed by atoms with Crippen LogP contribution >= 0.6 is 15.9 Å². The minimum Gasteiger partial charge on any atom is -0.398 e. The van der Waals surface area contributed by atoms with E-state index in [2.05, 4.69) is 44.9 Å². The van der Waals surface area contributed by atoms with Gasteiger partial charge in [-0.1, -0.05) is 13.3 Å². The van der Waals surface area contributed by atoms with Crippen LogP contribution in [0.3, 0.4) is 0 Å². The molecular formula is C17H22BrN3. The second-order valence-corrected chi connectivity index (χ2v) is 6.83. The van der Waals surface area contributed by atoms with Gasteiger partial charge in [0.1, 0.15) is 0 Å². The van der Waals surface area contributed by atoms with Crippen LogP contribution in [0.1, 0.15) is 32.6 Å². The first-order chi connectivity index (χ1) is 10.2. The molecule has 1 aromatic carbocycles. The number of halogens is 1. The molecule has 4 heteroatoms. The van der Waals surface area contributed by atoms with Crippen LogP contribution < -0.4 is 10.6 Å². The summed E-state index contributed by atoms with van der Waals surface area (Å²) < 4.78 is 0.973. The van der Waals surface area contributed by atoms with Crippen LogP contribution in [0.4, 0.5) is 11.4 Å². The van der Waals surface area contributed by atoms with E-state index in [1.807, 2.05) is 12.3 Å². The van der Waals surface area contributed by atoms with Crippen LogP contribution in [0.2, 0.25) is 0 Å². The lowest BCUT2D eigenvalue weighted by atomic mass is 9.98. The number of aromatic nitrogens is 1. The molecule has 2 heterocycles. The maximum absolute atomic E-state index is 6.12. The first-order valence-electron chi connectivity index (χ1n) is 7.77. The lowest BCUT2D eigenvalue weighted by Gasteiger charge is -2.24. The van der Waals surface area contributed by atoms with E-state index < -0.39 is 0 Å². The fourth-order valence-electron chi connectivity index (χ4n) is 3.27. The van der Waals surface area contributed by atoms with Gasteiger partial charge in [-0.25, -0.2) is 0 Å². The molecule has 1 atom stereocenters. The fourth-order valence-corrected chi connectivity index (χ4v) is 3.60. The van der Waals surface area contributed by atoms with Crippen LogP contribution in [0.15, 0.2) is 28.9 Å². The first kappa shape index (κ1) is 14.6. The molecule has 3 nitrogen and oxygen atoms in total. The molecule has 0 spiro atoms. The Morgan fingerprint density at radius 2 is 2.19 bits per heavy atom. The molecule has 1 saturated heterocycles. The number of nitrogen functional groups attached to an aromatic ring is 1. The number of pyridine rings is 1. The molecule has 0 bridgehead atoms. The zero-order valence-electron chi connectivity index (χ0n) is 12.5. The van der Waals surface area contributed by atoms with Crippen molar-refractivity contribution in [1.29, 1.82) is 0 Å². The van der Waals surface area contributed by atoms with E-state index in [0.29, 0.717) is 0 Å². The lowest BCUT2D eigenvalue weighted by Crippen LogP contribution is -2.24. The van der Waals surface area contributed by atoms with Gasteiger partial charge in [0.2, 0.25) is 0 Å². The number of hydrogen-bond donors (Lipinski definition) is 1. The number of hydrogen-bond acceptors (Lipinski definition) is 3. The Hall–Kier alpha value is -1.29. The van der Waals surface area contributed by atoms with E-state index in [9.17, 15) is 0 Å². The predicted molar refractivity (Wildman–Crippen MR) is 93.7 cm³/mol. The van der Waals surface area contributed by atoms with Crippen molar-refractivity contribution in [2.24, 2.45) is 5.92 Å². The van der Waals surface area contributed by atoms with Gasteiger partial charge in [0.15, 0.2) is 0 Å². The highest BCUT2D eigenvalue weighted by molar-refractivity contribution is 9.10. The van der Waals surface area contributed by atoms with E-state index >= 15 is 0 Å².